The largest absolute Gasteiger partial charge is 1.00 e. The minimum absolute atomic E-state index is 0. The molecule has 2 aromatic rings. The maximum Gasteiger partial charge on any atom is 1.00 e. The monoisotopic (exact) mass is 933 g/mol. The van der Waals surface area contributed by atoms with E-state index in [-0.39, 0.29) is 149 Å². The number of nitrogen functional groups attached to an aromatic ring is 1. The third kappa shape index (κ3) is 18.8. The van der Waals surface area contributed by atoms with E-state index in [2.05, 4.69) is 43.5 Å². The van der Waals surface area contributed by atoms with E-state index in [1.54, 1.807) is 0 Å². The van der Waals surface area contributed by atoms with E-state index in [4.69, 9.17) is 15.6 Å². The number of aromatic nitrogens is 4. The van der Waals surface area contributed by atoms with Gasteiger partial charge in [-0.15, -0.1) is 0 Å². The second kappa shape index (κ2) is 25.4. The van der Waals surface area contributed by atoms with Crippen molar-refractivity contribution in [3.05, 3.63) is 12.7 Å². The fourth-order valence-corrected chi connectivity index (χ4v) is 7.98. The van der Waals surface area contributed by atoms with Gasteiger partial charge in [0.1, 0.15) is 36.3 Å². The molecule has 1 saturated heterocycles. The minimum atomic E-state index is -5.91. The summed E-state index contributed by atoms with van der Waals surface area (Å²) in [5, 5.41) is 34.2. The molecule has 58 heavy (non-hydrogen) atoms. The number of fused-ring (bicyclic) bond motifs is 1. The van der Waals surface area contributed by atoms with Crippen LogP contribution in [0.4, 0.5) is 5.82 Å². The summed E-state index contributed by atoms with van der Waals surface area (Å²) in [4.78, 5) is 104. The molecule has 8 N–H and O–H groups in total. The molecule has 0 radical (unpaired) electrons. The number of imidazole rings is 1. The SMILES string of the molecule is CC(C)(COP(=O)([O-])OP(=O)([O-])OCC1OC(n2cnc3c(N)ncnc32)C(O)C1OP(=O)([O-])O)C(O)C(=O)NCCC(=O)NCCSC(=O)CCC(=O)O.[Na+].[Na+].[Na+]. The van der Waals surface area contributed by atoms with Crippen LogP contribution in [0.15, 0.2) is 12.7 Å². The number of nitrogens with one attached hydrogen (secondary N) is 2. The van der Waals surface area contributed by atoms with E-state index in [1.807, 2.05) is 0 Å². The van der Waals surface area contributed by atoms with Gasteiger partial charge in [0.15, 0.2) is 22.8 Å². The fraction of sp³-hybridized carbons (Fsp3) is 0.640. The Morgan fingerprint density at radius 1 is 1.02 bits per heavy atom. The molecule has 1 aliphatic heterocycles. The van der Waals surface area contributed by atoms with Crippen LogP contribution in [-0.4, -0.2) is 119 Å². The Kier molecular flexibility index (Phi) is 25.4. The number of carbonyl (C=O) groups is 4. The van der Waals surface area contributed by atoms with Gasteiger partial charge in [-0.05, 0) is 0 Å². The molecule has 3 heterocycles. The van der Waals surface area contributed by atoms with Crippen LogP contribution >= 0.6 is 35.2 Å². The molecule has 3 rings (SSSR count). The van der Waals surface area contributed by atoms with Gasteiger partial charge in [-0.1, -0.05) is 25.6 Å². The zero-order valence-corrected chi connectivity index (χ0v) is 41.2. The van der Waals surface area contributed by atoms with E-state index >= 15 is 0 Å². The van der Waals surface area contributed by atoms with Gasteiger partial charge < -0.3 is 69.6 Å². The summed E-state index contributed by atoms with van der Waals surface area (Å²) in [6, 6.07) is 0. The minimum Gasteiger partial charge on any atom is -0.756 e. The van der Waals surface area contributed by atoms with Crippen LogP contribution < -0.4 is 120 Å². The first-order chi connectivity index (χ1) is 25.4. The molecule has 0 aliphatic carbocycles. The van der Waals surface area contributed by atoms with Crippen LogP contribution in [0.25, 0.3) is 11.2 Å². The van der Waals surface area contributed by atoms with E-state index < -0.39 is 90.5 Å². The number of carbonyl (C=O) groups excluding carboxylic acids is 3. The smallest absolute Gasteiger partial charge is 0.756 e. The molecule has 1 fully saturated rings. The number of aliphatic hydroxyl groups is 2. The molecular formula is C25H37N7Na3O19P3S. The number of phosphoric ester groups is 3. The van der Waals surface area contributed by atoms with E-state index in [1.165, 1.54) is 13.8 Å². The fourth-order valence-electron chi connectivity index (χ4n) is 4.56. The number of aliphatic hydroxyl groups excluding tert-OH is 2. The second-order valence-electron chi connectivity index (χ2n) is 12.1. The number of ether oxygens (including phenoxy) is 1. The number of anilines is 1. The Morgan fingerprint density at radius 2 is 1.66 bits per heavy atom. The Morgan fingerprint density at radius 3 is 2.28 bits per heavy atom. The standard InChI is InChI=1S/C25H40N7O19P3S.3Na/c1-25(2,20(38)23(39)28-6-5-14(33)27-7-8-55-16(36)4-3-15(34)35)10-48-54(45,46)51-53(43,44)47-9-13-19(50-52(40,41)42)18(37)24(49-13)32-12-31-17-21(26)29-11-30-22(17)32;;;/h11-13,18-20,24,37-38H,3-10H2,1-2H3,(H,27,33)(H,28,39)(H,34,35)(H,43,44)(H,45,46)(H2,26,29,30)(H2,40,41,42);;;/q;3*+1/p-3. The van der Waals surface area contributed by atoms with E-state index in [0.717, 1.165) is 29.0 Å². The van der Waals surface area contributed by atoms with Crippen molar-refractivity contribution < 1.29 is 179 Å². The Bertz CT molecular complexity index is 1860. The van der Waals surface area contributed by atoms with Gasteiger partial charge in [-0.25, -0.2) is 19.3 Å². The molecule has 8 atom stereocenters. The van der Waals surface area contributed by atoms with Crippen LogP contribution in [-0.2, 0) is 55.5 Å². The van der Waals surface area contributed by atoms with Crippen molar-refractivity contribution in [3.8, 4) is 0 Å². The van der Waals surface area contributed by atoms with Gasteiger partial charge >= 0.3 is 94.6 Å². The van der Waals surface area contributed by atoms with Crippen LogP contribution in [0, 0.1) is 5.41 Å². The second-order valence-corrected chi connectivity index (χ2v) is 17.4. The molecule has 2 aromatic heterocycles. The summed E-state index contributed by atoms with van der Waals surface area (Å²) < 4.78 is 60.6. The van der Waals surface area contributed by atoms with Crippen molar-refractivity contribution >= 4 is 75.1 Å². The molecule has 0 spiro atoms. The number of amides is 2. The van der Waals surface area contributed by atoms with Gasteiger partial charge in [-0.3, -0.25) is 37.4 Å². The molecule has 0 bridgehead atoms. The summed E-state index contributed by atoms with van der Waals surface area (Å²) in [7, 11) is -17.4. The third-order valence-corrected chi connectivity index (χ3v) is 11.2. The number of phosphoric acid groups is 3. The molecule has 310 valence electrons. The quantitative estimate of drug-likeness (QED) is 0.0327. The molecule has 1 aliphatic rings. The zero-order chi connectivity index (χ0) is 41.4. The number of nitrogens with zero attached hydrogens (tertiary/aromatic N) is 4. The predicted octanol–water partition coefficient (Wildman–Crippen LogP) is -12.4. The summed E-state index contributed by atoms with van der Waals surface area (Å²) in [6.07, 6.45) is -8.03. The normalized spacial score (nSPS) is 21.4. The van der Waals surface area contributed by atoms with Crippen LogP contribution in [0.3, 0.4) is 0 Å². The molecule has 0 aromatic carbocycles. The number of aliphatic carboxylic acids is 1. The number of carboxylic acid groups (broad SMARTS) is 1. The maximum atomic E-state index is 12.5. The Hall–Kier alpha value is 0.0300. The first kappa shape index (κ1) is 58.0. The van der Waals surface area contributed by atoms with Crippen molar-refractivity contribution in [2.75, 3.05) is 37.8 Å². The van der Waals surface area contributed by atoms with Crippen LogP contribution in [0.1, 0.15) is 39.3 Å². The number of rotatable bonds is 22. The number of hydrogen-bond donors (Lipinski definition) is 7. The zero-order valence-electron chi connectivity index (χ0n) is 31.7. The molecular weight excluding hydrogens is 896 g/mol. The number of thioether (sulfide) groups is 1. The van der Waals surface area contributed by atoms with Crippen LogP contribution in [0.2, 0.25) is 0 Å². The van der Waals surface area contributed by atoms with E-state index in [9.17, 15) is 62.7 Å². The van der Waals surface area contributed by atoms with Crippen LogP contribution in [0.5, 0.6) is 0 Å². The van der Waals surface area contributed by atoms with Crippen molar-refractivity contribution in [1.82, 2.24) is 30.2 Å². The Balaban J connectivity index is 0.0000108. The molecule has 26 nitrogen and oxygen atoms in total. The van der Waals surface area contributed by atoms with Gasteiger partial charge in [0.25, 0.3) is 23.5 Å². The van der Waals surface area contributed by atoms with Gasteiger partial charge in [-0.2, -0.15) is 0 Å². The first-order valence-corrected chi connectivity index (χ1v) is 21.0. The first-order valence-electron chi connectivity index (χ1n) is 15.6. The Labute approximate surface area is 400 Å². The van der Waals surface area contributed by atoms with Gasteiger partial charge in [0.05, 0.1) is 26.0 Å². The number of nitrogens with two attached hydrogens (primary N) is 1. The summed E-state index contributed by atoms with van der Waals surface area (Å²) in [5.74, 6) is -2.61. The maximum absolute atomic E-state index is 12.5. The average molecular weight is 934 g/mol. The van der Waals surface area contributed by atoms with Crippen molar-refractivity contribution in [3.63, 3.8) is 0 Å². The van der Waals surface area contributed by atoms with Gasteiger partial charge in [0, 0.05) is 37.1 Å². The molecule has 8 unspecified atom stereocenters. The molecule has 2 amide bonds. The van der Waals surface area contributed by atoms with Crippen molar-refractivity contribution in [2.45, 2.75) is 63.8 Å². The van der Waals surface area contributed by atoms with Gasteiger partial charge in [0.2, 0.25) is 11.8 Å². The van der Waals surface area contributed by atoms with E-state index in [0.29, 0.717) is 0 Å². The van der Waals surface area contributed by atoms with Crippen molar-refractivity contribution in [1.29, 1.82) is 0 Å². The molecule has 33 heteroatoms. The average Bonchev–Trinajstić information content (AvgIpc) is 3.63. The summed E-state index contributed by atoms with van der Waals surface area (Å²) in [5.41, 5.74) is 4.05. The third-order valence-electron chi connectivity index (χ3n) is 7.29. The number of hydrogen-bond acceptors (Lipinski definition) is 22. The predicted molar refractivity (Wildman–Crippen MR) is 177 cm³/mol. The molecule has 0 saturated carbocycles. The van der Waals surface area contributed by atoms with Crippen molar-refractivity contribution in [2.24, 2.45) is 5.41 Å². The summed E-state index contributed by atoms with van der Waals surface area (Å²) >= 11 is 0.839. The summed E-state index contributed by atoms with van der Waals surface area (Å²) in [6.45, 7) is -0.136. The number of carboxylic acids is 1. The topological polar surface area (TPSA) is 409 Å².